The molecule has 2 amide bonds. The van der Waals surface area contributed by atoms with E-state index in [0.717, 1.165) is 11.1 Å². The van der Waals surface area contributed by atoms with Gasteiger partial charge < -0.3 is 16.4 Å². The van der Waals surface area contributed by atoms with Crippen molar-refractivity contribution in [3.8, 4) is 11.1 Å². The fourth-order valence-corrected chi connectivity index (χ4v) is 4.74. The van der Waals surface area contributed by atoms with Crippen molar-refractivity contribution in [2.45, 2.75) is 11.4 Å². The van der Waals surface area contributed by atoms with Crippen LogP contribution in [0.1, 0.15) is 5.56 Å². The third-order valence-electron chi connectivity index (χ3n) is 5.06. The molecule has 34 heavy (non-hydrogen) atoms. The molecule has 5 N–H and O–H groups in total. The van der Waals surface area contributed by atoms with Gasteiger partial charge in [0.25, 0.3) is 10.0 Å². The van der Waals surface area contributed by atoms with Crippen LogP contribution in [0.2, 0.25) is 0 Å². The van der Waals surface area contributed by atoms with E-state index >= 15 is 0 Å². The minimum Gasteiger partial charge on any atom is -0.399 e. The Morgan fingerprint density at radius 3 is 2.18 bits per heavy atom. The molecule has 0 spiro atoms. The number of urea groups is 1. The normalized spacial score (nSPS) is 10.9. The molecule has 0 heterocycles. The van der Waals surface area contributed by atoms with Crippen LogP contribution >= 0.6 is 0 Å². The number of rotatable bonds is 7. The second-order valence-corrected chi connectivity index (χ2v) is 9.25. The molecule has 4 aromatic carbocycles. The van der Waals surface area contributed by atoms with Gasteiger partial charge in [-0.05, 0) is 53.6 Å². The number of hydrogen-bond donors (Lipinski definition) is 4. The van der Waals surface area contributed by atoms with E-state index in [2.05, 4.69) is 15.4 Å². The summed E-state index contributed by atoms with van der Waals surface area (Å²) in [6.07, 6.45) is 0. The molecule has 0 unspecified atom stereocenters. The van der Waals surface area contributed by atoms with Gasteiger partial charge in [-0.15, -0.1) is 0 Å². The van der Waals surface area contributed by atoms with Crippen LogP contribution in [-0.4, -0.2) is 14.4 Å². The highest BCUT2D eigenvalue weighted by Gasteiger charge is 2.19. The van der Waals surface area contributed by atoms with Crippen molar-refractivity contribution in [2.24, 2.45) is 0 Å². The summed E-state index contributed by atoms with van der Waals surface area (Å²) in [5.74, 6) is 0. The van der Waals surface area contributed by atoms with E-state index in [4.69, 9.17) is 5.73 Å². The number of benzene rings is 4. The van der Waals surface area contributed by atoms with Crippen molar-refractivity contribution in [3.05, 3.63) is 109 Å². The lowest BCUT2D eigenvalue weighted by Gasteiger charge is -2.13. The lowest BCUT2D eigenvalue weighted by Crippen LogP contribution is -2.28. The molecule has 0 saturated heterocycles. The monoisotopic (exact) mass is 472 g/mol. The quantitative estimate of drug-likeness (QED) is 0.282. The number of sulfonamides is 1. The van der Waals surface area contributed by atoms with Crippen LogP contribution in [-0.2, 0) is 16.6 Å². The molecular formula is C26H24N4O3S. The van der Waals surface area contributed by atoms with Crippen LogP contribution in [0.5, 0.6) is 0 Å². The number of hydrogen-bond acceptors (Lipinski definition) is 4. The average Bonchev–Trinajstić information content (AvgIpc) is 2.84. The summed E-state index contributed by atoms with van der Waals surface area (Å²) < 4.78 is 28.8. The maximum Gasteiger partial charge on any atom is 0.319 e. The Hall–Kier alpha value is -4.30. The van der Waals surface area contributed by atoms with E-state index < -0.39 is 10.0 Å². The molecule has 0 radical (unpaired) electrons. The van der Waals surface area contributed by atoms with Gasteiger partial charge in [0.2, 0.25) is 0 Å². The van der Waals surface area contributed by atoms with E-state index in [9.17, 15) is 13.2 Å². The zero-order valence-corrected chi connectivity index (χ0v) is 19.0. The first kappa shape index (κ1) is 22.9. The average molecular weight is 473 g/mol. The van der Waals surface area contributed by atoms with Crippen LogP contribution in [0.15, 0.2) is 108 Å². The van der Waals surface area contributed by atoms with E-state index in [1.807, 2.05) is 42.5 Å². The number of nitrogens with two attached hydrogens (primary N) is 1. The molecule has 0 saturated carbocycles. The van der Waals surface area contributed by atoms with Gasteiger partial charge in [-0.1, -0.05) is 60.7 Å². The second-order valence-electron chi connectivity index (χ2n) is 7.60. The Morgan fingerprint density at radius 2 is 1.44 bits per heavy atom. The number of nitrogens with one attached hydrogen (secondary N) is 3. The van der Waals surface area contributed by atoms with Gasteiger partial charge in [0, 0.05) is 29.2 Å². The van der Waals surface area contributed by atoms with Crippen LogP contribution in [0.25, 0.3) is 11.1 Å². The predicted molar refractivity (Wildman–Crippen MR) is 136 cm³/mol. The maximum absolute atomic E-state index is 13.1. The Labute approximate surface area is 198 Å². The molecule has 0 aliphatic heterocycles. The van der Waals surface area contributed by atoms with E-state index in [-0.39, 0.29) is 10.9 Å². The summed E-state index contributed by atoms with van der Waals surface area (Å²) in [6.45, 7) is 0.329. The standard InChI is InChI=1S/C26H24N4O3S/c27-21-10-6-7-19(17-21)18-28-26(31)29-22-13-15-23(16-14-22)30-34(32,33)25-12-5-4-11-24(25)20-8-2-1-3-9-20/h1-17,30H,18,27H2,(H2,28,29,31). The van der Waals surface area contributed by atoms with Crippen molar-refractivity contribution in [1.29, 1.82) is 0 Å². The van der Waals surface area contributed by atoms with Crippen molar-refractivity contribution < 1.29 is 13.2 Å². The van der Waals surface area contributed by atoms with Crippen LogP contribution in [0.3, 0.4) is 0 Å². The molecule has 0 aliphatic rings. The summed E-state index contributed by atoms with van der Waals surface area (Å²) in [4.78, 5) is 12.4. The Balaban J connectivity index is 1.41. The minimum atomic E-state index is -3.83. The fraction of sp³-hybridized carbons (Fsp3) is 0.0385. The van der Waals surface area contributed by atoms with Crippen molar-refractivity contribution in [3.63, 3.8) is 0 Å². The van der Waals surface area contributed by atoms with Gasteiger partial charge in [-0.2, -0.15) is 0 Å². The van der Waals surface area contributed by atoms with Crippen molar-refractivity contribution >= 4 is 33.1 Å². The Morgan fingerprint density at radius 1 is 0.765 bits per heavy atom. The fourth-order valence-electron chi connectivity index (χ4n) is 3.45. The number of anilines is 3. The molecule has 4 rings (SSSR count). The first-order valence-corrected chi connectivity index (χ1v) is 12.1. The first-order valence-electron chi connectivity index (χ1n) is 10.6. The zero-order valence-electron chi connectivity index (χ0n) is 18.2. The van der Waals surface area contributed by atoms with Crippen LogP contribution < -0.4 is 21.1 Å². The predicted octanol–water partition coefficient (Wildman–Crippen LogP) is 5.06. The minimum absolute atomic E-state index is 0.185. The molecule has 4 aromatic rings. The number of carbonyl (C=O) groups excluding carboxylic acids is 1. The molecule has 0 bridgehead atoms. The highest BCUT2D eigenvalue weighted by molar-refractivity contribution is 7.92. The van der Waals surface area contributed by atoms with Gasteiger partial charge in [0.15, 0.2) is 0 Å². The van der Waals surface area contributed by atoms with Crippen molar-refractivity contribution in [1.82, 2.24) is 5.32 Å². The lowest BCUT2D eigenvalue weighted by atomic mass is 10.1. The molecule has 0 atom stereocenters. The van der Waals surface area contributed by atoms with E-state index in [0.29, 0.717) is 29.2 Å². The van der Waals surface area contributed by atoms with E-state index in [1.54, 1.807) is 60.7 Å². The highest BCUT2D eigenvalue weighted by atomic mass is 32.2. The number of nitrogen functional groups attached to an aromatic ring is 1. The van der Waals surface area contributed by atoms with Crippen LogP contribution in [0.4, 0.5) is 21.9 Å². The molecule has 172 valence electrons. The maximum atomic E-state index is 13.1. The van der Waals surface area contributed by atoms with Crippen LogP contribution in [0, 0.1) is 0 Å². The largest absolute Gasteiger partial charge is 0.399 e. The zero-order chi connectivity index (χ0) is 24.0. The topological polar surface area (TPSA) is 113 Å². The van der Waals surface area contributed by atoms with Gasteiger partial charge in [-0.25, -0.2) is 13.2 Å². The summed E-state index contributed by atoms with van der Waals surface area (Å²) in [6, 6.07) is 29.5. The molecule has 0 aromatic heterocycles. The summed E-state index contributed by atoms with van der Waals surface area (Å²) in [5.41, 5.74) is 9.60. The molecule has 0 fully saturated rings. The lowest BCUT2D eigenvalue weighted by molar-refractivity contribution is 0.251. The highest BCUT2D eigenvalue weighted by Crippen LogP contribution is 2.28. The number of amides is 2. The smallest absolute Gasteiger partial charge is 0.319 e. The van der Waals surface area contributed by atoms with Crippen molar-refractivity contribution in [2.75, 3.05) is 15.8 Å². The second kappa shape index (κ2) is 10.1. The van der Waals surface area contributed by atoms with Gasteiger partial charge in [0.05, 0.1) is 4.90 Å². The first-order chi connectivity index (χ1) is 16.4. The molecule has 0 aliphatic carbocycles. The Kier molecular flexibility index (Phi) is 6.79. The third-order valence-corrected chi connectivity index (χ3v) is 6.50. The molecule has 7 nitrogen and oxygen atoms in total. The SMILES string of the molecule is Nc1cccc(CNC(=O)Nc2ccc(NS(=O)(=O)c3ccccc3-c3ccccc3)cc2)c1. The van der Waals surface area contributed by atoms with Gasteiger partial charge >= 0.3 is 6.03 Å². The van der Waals surface area contributed by atoms with Gasteiger partial charge in [0.1, 0.15) is 0 Å². The summed E-state index contributed by atoms with van der Waals surface area (Å²) in [7, 11) is -3.83. The third kappa shape index (κ3) is 5.73. The van der Waals surface area contributed by atoms with E-state index in [1.165, 1.54) is 0 Å². The molecular weight excluding hydrogens is 448 g/mol. The summed E-state index contributed by atoms with van der Waals surface area (Å²) in [5, 5.41) is 5.47. The summed E-state index contributed by atoms with van der Waals surface area (Å²) >= 11 is 0. The Bertz CT molecular complexity index is 1390. The van der Waals surface area contributed by atoms with Gasteiger partial charge in [-0.3, -0.25) is 4.72 Å². The molecule has 8 heteroatoms. The number of carbonyl (C=O) groups is 1.